The molecule has 1 aromatic rings. The van der Waals surface area contributed by atoms with Crippen molar-refractivity contribution in [3.8, 4) is 6.07 Å². The maximum Gasteiger partial charge on any atom is 0.418 e. The number of benzene rings is 1. The highest BCUT2D eigenvalue weighted by Crippen LogP contribution is 2.46. The maximum atomic E-state index is 13.2. The Kier molecular flexibility index (Phi) is 6.40. The first-order chi connectivity index (χ1) is 12.1. The van der Waals surface area contributed by atoms with E-state index in [9.17, 15) is 23.2 Å². The molecule has 2 unspecified atom stereocenters. The number of halogens is 3. The fraction of sp³-hybridized carbons (Fsp3) is 0.529. The number of para-hydroxylation sites is 1. The number of alkyl halides is 3. The van der Waals surface area contributed by atoms with Crippen LogP contribution < -0.4 is 5.32 Å². The number of rotatable bonds is 4. The first-order valence-electron chi connectivity index (χ1n) is 7.93. The molecule has 1 aromatic carbocycles. The Hall–Kier alpha value is -1.53. The summed E-state index contributed by atoms with van der Waals surface area (Å²) >= 11 is 3.12. The monoisotopic (exact) mass is 403 g/mol. The lowest BCUT2D eigenvalue weighted by Gasteiger charge is -2.28. The molecule has 1 N–H and O–H groups in total. The van der Waals surface area contributed by atoms with Gasteiger partial charge in [-0.25, -0.2) is 4.79 Å². The van der Waals surface area contributed by atoms with Crippen LogP contribution in [0.2, 0.25) is 0 Å². The minimum Gasteiger partial charge on any atom is -0.307 e. The number of thioether (sulfide) groups is 2. The molecule has 0 aliphatic carbocycles. The topological polar surface area (TPSA) is 56.1 Å². The van der Waals surface area contributed by atoms with Gasteiger partial charge in [0.2, 0.25) is 0 Å². The Morgan fingerprint density at radius 2 is 2.08 bits per heavy atom. The summed E-state index contributed by atoms with van der Waals surface area (Å²) in [4.78, 5) is 14.2. The number of hydrogen-bond donors (Lipinski definition) is 1. The van der Waals surface area contributed by atoms with E-state index in [1.165, 1.54) is 34.9 Å². The predicted molar refractivity (Wildman–Crippen MR) is 100 cm³/mol. The molecule has 26 heavy (non-hydrogen) atoms. The number of nitrogens with zero attached hydrogens (tertiary/aromatic N) is 2. The average molecular weight is 403 g/mol. The molecule has 142 valence electrons. The number of hydrogen-bond acceptors (Lipinski definition) is 4. The van der Waals surface area contributed by atoms with E-state index in [0.29, 0.717) is 6.42 Å². The van der Waals surface area contributed by atoms with Gasteiger partial charge in [-0.2, -0.15) is 30.2 Å². The zero-order valence-corrected chi connectivity index (χ0v) is 16.3. The minimum atomic E-state index is -4.57. The Balaban J connectivity index is 2.30. The second-order valence-corrected chi connectivity index (χ2v) is 9.19. The van der Waals surface area contributed by atoms with Crippen LogP contribution in [0, 0.1) is 11.3 Å². The lowest BCUT2D eigenvalue weighted by Crippen LogP contribution is -2.47. The van der Waals surface area contributed by atoms with Crippen LogP contribution in [0.4, 0.5) is 23.7 Å². The minimum absolute atomic E-state index is 0.264. The number of nitrogens with one attached hydrogen (secondary N) is 1. The highest BCUT2D eigenvalue weighted by Gasteiger charge is 2.49. The normalized spacial score (nSPS) is 22.1. The Morgan fingerprint density at radius 3 is 2.65 bits per heavy atom. The molecule has 1 fully saturated rings. The van der Waals surface area contributed by atoms with Gasteiger partial charge in [-0.05, 0) is 44.4 Å². The molecule has 1 aliphatic rings. The summed E-state index contributed by atoms with van der Waals surface area (Å²) in [5.74, 6) is 0.787. The molecule has 0 spiro atoms. The van der Waals surface area contributed by atoms with Crippen molar-refractivity contribution in [3.63, 3.8) is 0 Å². The van der Waals surface area contributed by atoms with E-state index in [-0.39, 0.29) is 11.1 Å². The van der Waals surface area contributed by atoms with Crippen molar-refractivity contribution in [1.82, 2.24) is 4.90 Å². The van der Waals surface area contributed by atoms with Crippen molar-refractivity contribution in [2.24, 2.45) is 0 Å². The van der Waals surface area contributed by atoms with Crippen LogP contribution in [0.25, 0.3) is 0 Å². The quantitative estimate of drug-likeness (QED) is 0.766. The molecule has 1 heterocycles. The van der Waals surface area contributed by atoms with Crippen LogP contribution in [0.5, 0.6) is 0 Å². The molecule has 2 rings (SSSR count). The van der Waals surface area contributed by atoms with Crippen molar-refractivity contribution in [2.75, 3.05) is 17.3 Å². The Labute approximate surface area is 159 Å². The molecular weight excluding hydrogens is 383 g/mol. The van der Waals surface area contributed by atoms with E-state index in [1.807, 2.05) is 20.1 Å². The van der Waals surface area contributed by atoms with E-state index in [2.05, 4.69) is 11.4 Å². The molecule has 9 heteroatoms. The van der Waals surface area contributed by atoms with Gasteiger partial charge < -0.3 is 5.32 Å². The summed E-state index contributed by atoms with van der Waals surface area (Å²) in [5.41, 5.74) is -1.21. The van der Waals surface area contributed by atoms with E-state index in [1.54, 1.807) is 11.8 Å². The van der Waals surface area contributed by atoms with Crippen molar-refractivity contribution < 1.29 is 18.0 Å². The summed E-state index contributed by atoms with van der Waals surface area (Å²) < 4.78 is 39.0. The van der Waals surface area contributed by atoms with Crippen LogP contribution >= 0.6 is 23.5 Å². The standard InChI is InChI=1S/C17H20F3N3OS2/c1-16(2)13(10-21)23(14(26-16)8-9-25-3)15(24)22-12-7-5-4-6-11(12)17(18,19)20/h4-7,13-14H,8-9H2,1-3H3,(H,22,24). The van der Waals surface area contributed by atoms with E-state index in [0.717, 1.165) is 11.8 Å². The van der Waals surface area contributed by atoms with Gasteiger partial charge in [-0.15, -0.1) is 11.8 Å². The number of anilines is 1. The van der Waals surface area contributed by atoms with Crippen molar-refractivity contribution >= 4 is 35.2 Å². The molecular formula is C17H20F3N3OS2. The SMILES string of the molecule is CSCCC1SC(C)(C)C(C#N)N1C(=O)Nc1ccccc1C(F)(F)F. The molecule has 2 atom stereocenters. The van der Waals surface area contributed by atoms with Gasteiger partial charge in [0.1, 0.15) is 6.04 Å². The zero-order valence-electron chi connectivity index (χ0n) is 14.6. The Bertz CT molecular complexity index is 703. The fourth-order valence-corrected chi connectivity index (χ4v) is 5.05. The molecule has 4 nitrogen and oxygen atoms in total. The molecule has 1 saturated heterocycles. The van der Waals surface area contributed by atoms with Crippen LogP contribution in [0.1, 0.15) is 25.8 Å². The Morgan fingerprint density at radius 1 is 1.42 bits per heavy atom. The largest absolute Gasteiger partial charge is 0.418 e. The third kappa shape index (κ3) is 4.41. The highest BCUT2D eigenvalue weighted by atomic mass is 32.2. The fourth-order valence-electron chi connectivity index (χ4n) is 2.87. The maximum absolute atomic E-state index is 13.2. The van der Waals surface area contributed by atoms with Crippen LogP contribution in [0.15, 0.2) is 24.3 Å². The van der Waals surface area contributed by atoms with Gasteiger partial charge in [-0.1, -0.05) is 12.1 Å². The van der Waals surface area contributed by atoms with Gasteiger partial charge >= 0.3 is 12.2 Å². The first-order valence-corrected chi connectivity index (χ1v) is 10.2. The summed E-state index contributed by atoms with van der Waals surface area (Å²) in [5, 5.41) is 11.6. The van der Waals surface area contributed by atoms with Gasteiger partial charge in [-0.3, -0.25) is 4.90 Å². The third-order valence-electron chi connectivity index (χ3n) is 4.09. The van der Waals surface area contributed by atoms with Crippen LogP contribution in [-0.2, 0) is 6.18 Å². The number of carbonyl (C=O) groups is 1. The van der Waals surface area contributed by atoms with Crippen molar-refractivity contribution in [2.45, 2.75) is 42.6 Å². The number of nitriles is 1. The van der Waals surface area contributed by atoms with Gasteiger partial charge in [0, 0.05) is 4.75 Å². The molecule has 1 aliphatic heterocycles. The van der Waals surface area contributed by atoms with Crippen LogP contribution in [-0.4, -0.2) is 39.1 Å². The molecule has 0 aromatic heterocycles. The highest BCUT2D eigenvalue weighted by molar-refractivity contribution is 8.01. The van der Waals surface area contributed by atoms with Crippen molar-refractivity contribution in [3.05, 3.63) is 29.8 Å². The molecule has 0 radical (unpaired) electrons. The smallest absolute Gasteiger partial charge is 0.307 e. The van der Waals surface area contributed by atoms with Gasteiger partial charge in [0.15, 0.2) is 0 Å². The van der Waals surface area contributed by atoms with Crippen molar-refractivity contribution in [1.29, 1.82) is 5.26 Å². The average Bonchev–Trinajstić information content (AvgIpc) is 2.82. The van der Waals surface area contributed by atoms with Gasteiger partial charge in [0.25, 0.3) is 0 Å². The first kappa shape index (κ1) is 20.8. The summed E-state index contributed by atoms with van der Waals surface area (Å²) in [7, 11) is 0. The molecule has 0 bridgehead atoms. The predicted octanol–water partition coefficient (Wildman–Crippen LogP) is 5.04. The molecule has 2 amide bonds. The lowest BCUT2D eigenvalue weighted by molar-refractivity contribution is -0.136. The van der Waals surface area contributed by atoms with Gasteiger partial charge in [0.05, 0.1) is 22.7 Å². The zero-order chi connectivity index (χ0) is 19.5. The van der Waals surface area contributed by atoms with E-state index in [4.69, 9.17) is 0 Å². The summed E-state index contributed by atoms with van der Waals surface area (Å²) in [6, 6.07) is 5.57. The van der Waals surface area contributed by atoms with E-state index >= 15 is 0 Å². The number of urea groups is 1. The third-order valence-corrected chi connectivity index (χ3v) is 6.30. The summed E-state index contributed by atoms with van der Waals surface area (Å²) in [6.45, 7) is 3.74. The summed E-state index contributed by atoms with van der Waals surface area (Å²) in [6.07, 6.45) is -1.98. The lowest BCUT2D eigenvalue weighted by atomic mass is 10.0. The molecule has 0 saturated carbocycles. The second kappa shape index (κ2) is 8.01. The van der Waals surface area contributed by atoms with E-state index < -0.39 is 28.6 Å². The second-order valence-electron chi connectivity index (χ2n) is 6.37. The number of amides is 2. The number of carbonyl (C=O) groups excluding carboxylic acids is 1. The van der Waals surface area contributed by atoms with Crippen LogP contribution in [0.3, 0.4) is 0 Å².